The Morgan fingerprint density at radius 1 is 1.02 bits per heavy atom. The number of carbonyl (C=O) groups excluding carboxylic acids is 2. The molecule has 7 rings (SSSR count). The van der Waals surface area contributed by atoms with Crippen LogP contribution in [0.4, 0.5) is 17.1 Å². The molecule has 0 aliphatic carbocycles. The van der Waals surface area contributed by atoms with Crippen molar-refractivity contribution in [2.75, 3.05) is 18.6 Å². The third-order valence-corrected chi connectivity index (χ3v) is 15.6. The fourth-order valence-electron chi connectivity index (χ4n) is 8.71. The van der Waals surface area contributed by atoms with Crippen LogP contribution in [-0.2, 0) is 32.9 Å². The van der Waals surface area contributed by atoms with Crippen LogP contribution in [0, 0.1) is 16.0 Å². The van der Waals surface area contributed by atoms with E-state index in [0.717, 1.165) is 22.1 Å². The van der Waals surface area contributed by atoms with E-state index in [-0.39, 0.29) is 42.1 Å². The average molecular weight is 692 g/mol. The molecule has 5 atom stereocenters. The zero-order valence-corrected chi connectivity index (χ0v) is 29.6. The van der Waals surface area contributed by atoms with Crippen molar-refractivity contribution in [3.05, 3.63) is 124 Å². The number of hydrogen-bond donors (Lipinski definition) is 1. The van der Waals surface area contributed by atoms with E-state index >= 15 is 4.79 Å². The molecule has 4 aromatic rings. The number of amides is 2. The van der Waals surface area contributed by atoms with Crippen molar-refractivity contribution in [1.82, 2.24) is 4.90 Å². The van der Waals surface area contributed by atoms with Crippen LogP contribution in [0.5, 0.6) is 5.75 Å². The second-order valence-corrected chi connectivity index (χ2v) is 18.8. The highest BCUT2D eigenvalue weighted by atomic mass is 28.3. The van der Waals surface area contributed by atoms with Gasteiger partial charge in [-0.15, -0.1) is 0 Å². The average Bonchev–Trinajstić information content (AvgIpc) is 3.56. The first-order valence-electron chi connectivity index (χ1n) is 17.0. The van der Waals surface area contributed by atoms with Gasteiger partial charge in [-0.25, -0.2) is 0 Å². The number of aliphatic hydroxyl groups is 1. The number of non-ortho nitro benzene ring substituents is 1. The van der Waals surface area contributed by atoms with Gasteiger partial charge < -0.3 is 19.5 Å². The second kappa shape index (κ2) is 12.8. The number of anilines is 2. The molecule has 3 aliphatic rings. The van der Waals surface area contributed by atoms with E-state index in [2.05, 4.69) is 25.2 Å². The van der Waals surface area contributed by atoms with Crippen molar-refractivity contribution in [3.8, 4) is 5.75 Å². The minimum absolute atomic E-state index is 0.00904. The Morgan fingerprint density at radius 3 is 2.36 bits per heavy atom. The van der Waals surface area contributed by atoms with E-state index in [1.165, 1.54) is 12.1 Å². The van der Waals surface area contributed by atoms with E-state index in [1.807, 2.05) is 73.7 Å². The van der Waals surface area contributed by atoms with Crippen LogP contribution in [0.1, 0.15) is 30.0 Å². The van der Waals surface area contributed by atoms with Gasteiger partial charge in [0.1, 0.15) is 5.75 Å². The fraction of sp³-hybridized carbons (Fsp3) is 0.333. The predicted octanol–water partition coefficient (Wildman–Crippen LogP) is 5.83. The summed E-state index contributed by atoms with van der Waals surface area (Å²) in [5, 5.41) is 23.6. The molecule has 11 heteroatoms. The molecule has 50 heavy (non-hydrogen) atoms. The van der Waals surface area contributed by atoms with Crippen molar-refractivity contribution >= 4 is 42.1 Å². The van der Waals surface area contributed by atoms with Crippen molar-refractivity contribution < 1.29 is 29.1 Å². The molecule has 1 N–H and O–H groups in total. The van der Waals surface area contributed by atoms with Crippen LogP contribution in [0.3, 0.4) is 0 Å². The predicted molar refractivity (Wildman–Crippen MR) is 192 cm³/mol. The maximum absolute atomic E-state index is 15.0. The minimum atomic E-state index is -2.59. The molecule has 3 aliphatic heterocycles. The first-order chi connectivity index (χ1) is 24.0. The Bertz CT molecular complexity index is 1950. The zero-order chi connectivity index (χ0) is 35.4. The van der Waals surface area contributed by atoms with E-state index < -0.39 is 30.6 Å². The van der Waals surface area contributed by atoms with Gasteiger partial charge in [0.25, 0.3) is 11.6 Å². The molecular weight excluding hydrogens is 651 g/mol. The summed E-state index contributed by atoms with van der Waals surface area (Å²) in [6, 6.07) is 29.3. The highest BCUT2D eigenvalue weighted by Crippen LogP contribution is 2.61. The molecule has 0 unspecified atom stereocenters. The van der Waals surface area contributed by atoms with Crippen LogP contribution < -0.4 is 14.8 Å². The van der Waals surface area contributed by atoms with Gasteiger partial charge in [0.2, 0.25) is 5.91 Å². The van der Waals surface area contributed by atoms with E-state index in [1.54, 1.807) is 23.0 Å². The number of nitrogens with zero attached hydrogens (tertiary/aromatic N) is 3. The van der Waals surface area contributed by atoms with Crippen LogP contribution >= 0.6 is 0 Å². The molecule has 0 bridgehead atoms. The largest absolute Gasteiger partial charge is 0.497 e. The SMILES string of the molecule is COc1ccc([Si](C)(C)[C@@H]2[C@@H](CC(=O)N3Cc4ccccc4C[C@H]3CO)O[C@]3(C(=O)N(c4ccccc4)c4ccc([N+](=O)[O-])cc43)[C@H]2C)cc1. The lowest BCUT2D eigenvalue weighted by molar-refractivity contribution is -0.385. The Labute approximate surface area is 292 Å². The third kappa shape index (κ3) is 5.31. The van der Waals surface area contributed by atoms with Gasteiger partial charge in [-0.1, -0.05) is 79.8 Å². The van der Waals surface area contributed by atoms with Crippen LogP contribution in [0.15, 0.2) is 97.1 Å². The maximum Gasteiger partial charge on any atom is 0.269 e. The number of fused-ring (bicyclic) bond motifs is 3. The lowest BCUT2D eigenvalue weighted by Crippen LogP contribution is -2.52. The van der Waals surface area contributed by atoms with E-state index in [0.29, 0.717) is 29.9 Å². The van der Waals surface area contributed by atoms with E-state index in [9.17, 15) is 20.0 Å². The lowest BCUT2D eigenvalue weighted by atomic mass is 9.82. The number of para-hydroxylation sites is 1. The molecule has 1 saturated heterocycles. The molecule has 3 heterocycles. The highest BCUT2D eigenvalue weighted by molar-refractivity contribution is 6.91. The molecule has 2 amide bonds. The number of nitro groups is 1. The Balaban J connectivity index is 1.35. The van der Waals surface area contributed by atoms with Crippen LogP contribution in [-0.4, -0.2) is 60.7 Å². The van der Waals surface area contributed by atoms with Crippen molar-refractivity contribution in [2.24, 2.45) is 5.92 Å². The van der Waals surface area contributed by atoms with Gasteiger partial charge in [0.15, 0.2) is 5.60 Å². The summed E-state index contributed by atoms with van der Waals surface area (Å²) in [4.78, 5) is 44.5. The standard InChI is InChI=1S/C39H41N3O7Si/c1-25-37(50(3,4)32-17-15-31(48-2)16-18-32)35(22-36(44)40-23-27-11-9-8-10-26(27)20-30(40)24-43)49-39(25)33-21-29(42(46)47)14-19-34(33)41(38(39)45)28-12-6-5-7-13-28/h5-19,21,25,30,35,37,43H,20,22-24H2,1-4H3/t25-,30-,35+,37-,39+/m0/s1. The molecule has 1 spiro atoms. The van der Waals surface area contributed by atoms with Crippen molar-refractivity contribution in [1.29, 1.82) is 0 Å². The summed E-state index contributed by atoms with van der Waals surface area (Å²) in [6.07, 6.45) is -0.156. The molecule has 0 radical (unpaired) electrons. The van der Waals surface area contributed by atoms with Gasteiger partial charge >= 0.3 is 0 Å². The van der Waals surface area contributed by atoms with E-state index in [4.69, 9.17) is 9.47 Å². The number of methoxy groups -OCH3 is 1. The number of aliphatic hydroxyl groups excluding tert-OH is 1. The normalized spacial score (nSPS) is 24.3. The first kappa shape index (κ1) is 33.6. The van der Waals surface area contributed by atoms with Gasteiger partial charge in [0, 0.05) is 35.8 Å². The van der Waals surface area contributed by atoms with Crippen molar-refractivity contribution in [2.45, 2.75) is 62.7 Å². The third-order valence-electron chi connectivity index (χ3n) is 11.2. The number of hydrogen-bond acceptors (Lipinski definition) is 7. The summed E-state index contributed by atoms with van der Waals surface area (Å²) in [7, 11) is -0.974. The summed E-state index contributed by atoms with van der Waals surface area (Å²) in [5.41, 5.74) is 1.78. The monoisotopic (exact) mass is 691 g/mol. The number of ether oxygens (including phenoxy) is 2. The fourth-order valence-corrected chi connectivity index (χ4v) is 12.7. The maximum atomic E-state index is 15.0. The summed E-state index contributed by atoms with van der Waals surface area (Å²) < 4.78 is 12.5. The van der Waals surface area contributed by atoms with Gasteiger partial charge in [0.05, 0.1) is 51.0 Å². The molecule has 0 aromatic heterocycles. The smallest absolute Gasteiger partial charge is 0.269 e. The Hall–Kier alpha value is -4.84. The zero-order valence-electron chi connectivity index (χ0n) is 28.6. The number of benzene rings is 4. The highest BCUT2D eigenvalue weighted by Gasteiger charge is 2.67. The minimum Gasteiger partial charge on any atom is -0.497 e. The first-order valence-corrected chi connectivity index (χ1v) is 20.1. The Kier molecular flexibility index (Phi) is 8.61. The molecule has 10 nitrogen and oxygen atoms in total. The second-order valence-electron chi connectivity index (χ2n) is 14.1. The molecule has 1 fully saturated rings. The quantitative estimate of drug-likeness (QED) is 0.140. The van der Waals surface area contributed by atoms with Crippen LogP contribution in [0.2, 0.25) is 18.6 Å². The number of rotatable bonds is 8. The Morgan fingerprint density at radius 2 is 1.70 bits per heavy atom. The van der Waals surface area contributed by atoms with Gasteiger partial charge in [-0.05, 0) is 53.4 Å². The summed E-state index contributed by atoms with van der Waals surface area (Å²) in [5.74, 6) is -0.223. The number of carbonyl (C=O) groups is 2. The molecular formula is C39H41N3O7Si. The topological polar surface area (TPSA) is 122 Å². The van der Waals surface area contributed by atoms with Crippen molar-refractivity contribution in [3.63, 3.8) is 0 Å². The molecule has 4 aromatic carbocycles. The summed E-state index contributed by atoms with van der Waals surface area (Å²) >= 11 is 0. The van der Waals surface area contributed by atoms with Gasteiger partial charge in [-0.3, -0.25) is 24.6 Å². The van der Waals surface area contributed by atoms with Crippen LogP contribution in [0.25, 0.3) is 0 Å². The number of nitro benzene ring substituents is 1. The molecule has 258 valence electrons. The summed E-state index contributed by atoms with van der Waals surface area (Å²) in [6.45, 7) is 6.64. The van der Waals surface area contributed by atoms with Gasteiger partial charge in [-0.2, -0.15) is 0 Å². The lowest BCUT2D eigenvalue weighted by Gasteiger charge is -2.39. The molecule has 0 saturated carbocycles.